The Hall–Kier alpha value is 1.09. The number of halogens is 3. The molecule has 0 saturated carbocycles. The van der Waals surface area contributed by atoms with E-state index in [0.29, 0.717) is 6.42 Å². The number of alkyl halides is 3. The van der Waals surface area contributed by atoms with E-state index in [-0.39, 0.29) is 0 Å². The molecule has 21 heavy (non-hydrogen) atoms. The zero-order valence-electron chi connectivity index (χ0n) is 13.9. The Morgan fingerprint density at radius 1 is 0.476 bits per heavy atom. The summed E-state index contributed by atoms with van der Waals surface area (Å²) in [6.45, 7) is 0. The van der Waals surface area contributed by atoms with Gasteiger partial charge in [-0.2, -0.15) is 0 Å². The van der Waals surface area contributed by atoms with Gasteiger partial charge in [0.05, 0.1) is 0 Å². The van der Waals surface area contributed by atoms with Crippen LogP contribution in [0, 0.1) is 0 Å². The number of rotatable bonds is 15. The summed E-state index contributed by atoms with van der Waals surface area (Å²) in [5.74, 6) is 0. The normalized spacial score (nSPS) is 12.1. The molecule has 128 valence electrons. The van der Waals surface area contributed by atoms with Crippen molar-refractivity contribution < 1.29 is 0 Å². The standard InChI is InChI=1S/C17H35Cl3Si/c18-17(19,20)15-13-11-9-7-5-3-1-2-4-6-8-10-12-14-16-21/h1-16H2,21H3. The van der Waals surface area contributed by atoms with Crippen molar-refractivity contribution >= 4 is 45.0 Å². The van der Waals surface area contributed by atoms with Gasteiger partial charge < -0.3 is 0 Å². The Labute approximate surface area is 151 Å². The Kier molecular flexibility index (Phi) is 16.8. The second-order valence-corrected chi connectivity index (χ2v) is 9.83. The molecule has 0 aromatic heterocycles. The summed E-state index contributed by atoms with van der Waals surface area (Å²) >= 11 is 17.2. The van der Waals surface area contributed by atoms with Crippen molar-refractivity contribution in [3.63, 3.8) is 0 Å². The van der Waals surface area contributed by atoms with Gasteiger partial charge in [0.1, 0.15) is 0 Å². The molecule has 0 radical (unpaired) electrons. The number of hydrogen-bond acceptors (Lipinski definition) is 0. The minimum atomic E-state index is -1.04. The van der Waals surface area contributed by atoms with E-state index in [1.54, 1.807) is 0 Å². The van der Waals surface area contributed by atoms with Gasteiger partial charge in [0.2, 0.25) is 0 Å². The first kappa shape index (κ1) is 22.1. The molecular formula is C17H35Cl3Si. The van der Waals surface area contributed by atoms with Crippen molar-refractivity contribution in [3.05, 3.63) is 0 Å². The summed E-state index contributed by atoms with van der Waals surface area (Å²) in [6.07, 6.45) is 20.0. The van der Waals surface area contributed by atoms with Gasteiger partial charge in [-0.05, 0) is 12.8 Å². The van der Waals surface area contributed by atoms with Gasteiger partial charge in [0, 0.05) is 10.2 Å². The van der Waals surface area contributed by atoms with E-state index in [1.165, 1.54) is 99.8 Å². The van der Waals surface area contributed by atoms with Gasteiger partial charge >= 0.3 is 0 Å². The minimum Gasteiger partial charge on any atom is -0.0837 e. The SMILES string of the molecule is [SiH3]CCCCCCCCCCCCCCCCC(Cl)(Cl)Cl. The Morgan fingerprint density at radius 2 is 0.762 bits per heavy atom. The first-order chi connectivity index (χ1) is 10.1. The summed E-state index contributed by atoms with van der Waals surface area (Å²) in [4.78, 5) is 0. The summed E-state index contributed by atoms with van der Waals surface area (Å²) in [5, 5.41) is 0. The fourth-order valence-electron chi connectivity index (χ4n) is 2.70. The third kappa shape index (κ3) is 21.1. The molecule has 4 heteroatoms. The molecule has 0 spiro atoms. The van der Waals surface area contributed by atoms with E-state index in [4.69, 9.17) is 34.8 Å². The third-order valence-electron chi connectivity index (χ3n) is 4.06. The maximum absolute atomic E-state index is 5.72. The summed E-state index contributed by atoms with van der Waals surface area (Å²) in [6, 6.07) is 1.49. The van der Waals surface area contributed by atoms with Crippen LogP contribution in [0.5, 0.6) is 0 Å². The highest BCUT2D eigenvalue weighted by atomic mass is 35.6. The average Bonchev–Trinajstić information content (AvgIpc) is 2.42. The fourth-order valence-corrected chi connectivity index (χ4v) is 3.60. The zero-order valence-corrected chi connectivity index (χ0v) is 18.2. The molecule has 0 nitrogen and oxygen atoms in total. The number of unbranched alkanes of at least 4 members (excludes halogenated alkanes) is 13. The Bertz CT molecular complexity index is 205. The predicted octanol–water partition coefficient (Wildman–Crippen LogP) is 6.99. The lowest BCUT2D eigenvalue weighted by molar-refractivity contribution is 0.533. The van der Waals surface area contributed by atoms with E-state index in [9.17, 15) is 0 Å². The summed E-state index contributed by atoms with van der Waals surface area (Å²) < 4.78 is -1.04. The molecule has 0 bridgehead atoms. The van der Waals surface area contributed by atoms with Crippen molar-refractivity contribution in [2.24, 2.45) is 0 Å². The topological polar surface area (TPSA) is 0 Å². The second kappa shape index (κ2) is 16.0. The lowest BCUT2D eigenvalue weighted by Crippen LogP contribution is -2.00. The van der Waals surface area contributed by atoms with Crippen molar-refractivity contribution in [1.82, 2.24) is 0 Å². The summed E-state index contributed by atoms with van der Waals surface area (Å²) in [7, 11) is 1.39. The first-order valence-electron chi connectivity index (χ1n) is 9.13. The highest BCUT2D eigenvalue weighted by Gasteiger charge is 2.17. The monoisotopic (exact) mass is 372 g/mol. The maximum atomic E-state index is 5.72. The molecule has 0 unspecified atom stereocenters. The van der Waals surface area contributed by atoms with Crippen molar-refractivity contribution in [3.8, 4) is 0 Å². The fraction of sp³-hybridized carbons (Fsp3) is 1.00. The zero-order chi connectivity index (χ0) is 15.8. The van der Waals surface area contributed by atoms with Crippen LogP contribution < -0.4 is 0 Å². The largest absolute Gasteiger partial charge is 0.190 e. The molecule has 0 N–H and O–H groups in total. The molecule has 0 aliphatic rings. The minimum absolute atomic E-state index is 0.692. The quantitative estimate of drug-likeness (QED) is 0.165. The molecule has 0 atom stereocenters. The van der Waals surface area contributed by atoms with Crippen LogP contribution in [0.25, 0.3) is 0 Å². The van der Waals surface area contributed by atoms with Gasteiger partial charge in [0.15, 0.2) is 3.79 Å². The third-order valence-corrected chi connectivity index (χ3v) is 5.34. The van der Waals surface area contributed by atoms with Crippen LogP contribution in [-0.2, 0) is 0 Å². The molecule has 0 aromatic rings. The van der Waals surface area contributed by atoms with Crippen LogP contribution in [0.15, 0.2) is 0 Å². The second-order valence-electron chi connectivity index (χ2n) is 6.31. The first-order valence-corrected chi connectivity index (χ1v) is 11.7. The molecule has 0 heterocycles. The molecule has 0 aliphatic carbocycles. The molecular weight excluding hydrogens is 339 g/mol. The van der Waals surface area contributed by atoms with E-state index in [2.05, 4.69) is 0 Å². The van der Waals surface area contributed by atoms with E-state index in [0.717, 1.165) is 6.42 Å². The summed E-state index contributed by atoms with van der Waals surface area (Å²) in [5.41, 5.74) is 0. The van der Waals surface area contributed by atoms with Gasteiger partial charge in [-0.15, -0.1) is 0 Å². The molecule has 0 rings (SSSR count). The highest BCUT2D eigenvalue weighted by molar-refractivity contribution is 6.67. The highest BCUT2D eigenvalue weighted by Crippen LogP contribution is 2.32. The molecule has 0 aliphatic heterocycles. The van der Waals surface area contributed by atoms with E-state index >= 15 is 0 Å². The molecule has 0 aromatic carbocycles. The number of hydrogen-bond donors (Lipinski definition) is 0. The van der Waals surface area contributed by atoms with Gasteiger partial charge in [-0.3, -0.25) is 0 Å². The maximum Gasteiger partial charge on any atom is 0.190 e. The van der Waals surface area contributed by atoms with Crippen LogP contribution in [0.2, 0.25) is 6.04 Å². The van der Waals surface area contributed by atoms with Gasteiger partial charge in [0.25, 0.3) is 0 Å². The van der Waals surface area contributed by atoms with Crippen LogP contribution in [0.1, 0.15) is 96.3 Å². The van der Waals surface area contributed by atoms with Crippen molar-refractivity contribution in [2.45, 2.75) is 106 Å². The lowest BCUT2D eigenvalue weighted by atomic mass is 10.0. The lowest BCUT2D eigenvalue weighted by Gasteiger charge is -2.09. The van der Waals surface area contributed by atoms with Crippen LogP contribution >= 0.6 is 34.8 Å². The van der Waals surface area contributed by atoms with Crippen LogP contribution in [0.3, 0.4) is 0 Å². The van der Waals surface area contributed by atoms with E-state index < -0.39 is 3.79 Å². The molecule has 0 amide bonds. The van der Waals surface area contributed by atoms with Gasteiger partial charge in [-0.1, -0.05) is 124 Å². The average molecular weight is 374 g/mol. The Balaban J connectivity index is 3.00. The smallest absolute Gasteiger partial charge is 0.0837 e. The predicted molar refractivity (Wildman–Crippen MR) is 104 cm³/mol. The van der Waals surface area contributed by atoms with Gasteiger partial charge in [-0.25, -0.2) is 0 Å². The Morgan fingerprint density at radius 3 is 1.05 bits per heavy atom. The van der Waals surface area contributed by atoms with Crippen LogP contribution in [0.4, 0.5) is 0 Å². The van der Waals surface area contributed by atoms with Crippen molar-refractivity contribution in [2.75, 3.05) is 0 Å². The molecule has 0 saturated heterocycles. The van der Waals surface area contributed by atoms with E-state index in [1.807, 2.05) is 0 Å². The van der Waals surface area contributed by atoms with Crippen LogP contribution in [-0.4, -0.2) is 14.0 Å². The molecule has 0 fully saturated rings. The van der Waals surface area contributed by atoms with Crippen molar-refractivity contribution in [1.29, 1.82) is 0 Å².